The van der Waals surface area contributed by atoms with E-state index in [0.717, 1.165) is 3.77 Å². The van der Waals surface area contributed by atoms with E-state index in [1.807, 2.05) is 0 Å². The third-order valence-electron chi connectivity index (χ3n) is 3.61. The number of halogens is 1. The second-order valence-electron chi connectivity index (χ2n) is 4.70. The Labute approximate surface area is 123 Å². The predicted octanol–water partition coefficient (Wildman–Crippen LogP) is 6.26. The van der Waals surface area contributed by atoms with Crippen molar-refractivity contribution in [2.24, 2.45) is 0 Å². The Kier molecular flexibility index (Phi) is 10.7. The molecule has 0 N–H and O–H groups in total. The van der Waals surface area contributed by atoms with E-state index in [1.54, 1.807) is 0 Å². The molecule has 0 aliphatic heterocycles. The Hall–Kier alpha value is 0.487. The number of unbranched alkanes of at least 4 members (excludes halogenated alkanes) is 4. The molecule has 0 aliphatic carbocycles. The average Bonchev–Trinajstić information content (AvgIpc) is 2.36. The van der Waals surface area contributed by atoms with Gasteiger partial charge in [-0.25, -0.2) is 0 Å². The molecule has 1 nitrogen and oxygen atoms in total. The summed E-state index contributed by atoms with van der Waals surface area (Å²) in [7, 11) is -1.43. The summed E-state index contributed by atoms with van der Waals surface area (Å²) >= 11 is 2.37. The maximum absolute atomic E-state index is 6.28. The monoisotopic (exact) mass is 368 g/mol. The van der Waals surface area contributed by atoms with Crippen molar-refractivity contribution >= 4 is 30.9 Å². The van der Waals surface area contributed by atoms with Crippen LogP contribution in [0.15, 0.2) is 9.84 Å². The first-order chi connectivity index (χ1) is 8.14. The third-order valence-corrected chi connectivity index (χ3v) is 9.20. The summed E-state index contributed by atoms with van der Waals surface area (Å²) in [4.78, 5) is 0. The molecule has 0 rings (SSSR count). The van der Waals surface area contributed by atoms with Crippen LogP contribution in [0.25, 0.3) is 0 Å². The summed E-state index contributed by atoms with van der Waals surface area (Å²) in [6.45, 7) is 9.10. The van der Waals surface area contributed by atoms with Crippen molar-refractivity contribution in [3.63, 3.8) is 0 Å². The quantitative estimate of drug-likeness (QED) is 0.192. The zero-order chi connectivity index (χ0) is 13.1. The fraction of sp³-hybridized carbons (Fsp3) is 0.857. The highest BCUT2D eigenvalue weighted by Gasteiger charge is 2.30. The van der Waals surface area contributed by atoms with Gasteiger partial charge in [0.25, 0.3) is 8.32 Å². The smallest absolute Gasteiger partial charge is 0.251 e. The first-order valence-corrected chi connectivity index (χ1v) is 10.8. The van der Waals surface area contributed by atoms with E-state index >= 15 is 0 Å². The minimum Gasteiger partial charge on any atom is -0.540 e. The van der Waals surface area contributed by atoms with Crippen LogP contribution in [0.1, 0.15) is 59.8 Å². The third kappa shape index (κ3) is 7.49. The molecule has 0 fully saturated rings. The fourth-order valence-electron chi connectivity index (χ4n) is 2.00. The van der Waals surface area contributed by atoms with Crippen LogP contribution in [0, 0.1) is 0 Å². The largest absolute Gasteiger partial charge is 0.540 e. The van der Waals surface area contributed by atoms with Crippen LogP contribution in [0.4, 0.5) is 0 Å². The molecule has 0 spiro atoms. The molecular formula is C14H29IOSi. The Morgan fingerprint density at radius 2 is 1.59 bits per heavy atom. The Morgan fingerprint density at radius 1 is 1.00 bits per heavy atom. The molecule has 0 heterocycles. The second-order valence-corrected chi connectivity index (χ2v) is 10.5. The number of rotatable bonds is 10. The van der Waals surface area contributed by atoms with E-state index in [-0.39, 0.29) is 0 Å². The Morgan fingerprint density at radius 3 is 2.06 bits per heavy atom. The summed E-state index contributed by atoms with van der Waals surface area (Å²) in [5.41, 5.74) is 0. The molecular weight excluding hydrogens is 339 g/mol. The Balaban J connectivity index is 4.03. The van der Waals surface area contributed by atoms with Crippen LogP contribution < -0.4 is 0 Å². The van der Waals surface area contributed by atoms with Crippen molar-refractivity contribution < 1.29 is 4.43 Å². The van der Waals surface area contributed by atoms with Gasteiger partial charge < -0.3 is 4.43 Å². The zero-order valence-electron chi connectivity index (χ0n) is 12.0. The van der Waals surface area contributed by atoms with Crippen LogP contribution in [0.2, 0.25) is 18.1 Å². The van der Waals surface area contributed by atoms with E-state index in [4.69, 9.17) is 4.43 Å². The van der Waals surface area contributed by atoms with Gasteiger partial charge >= 0.3 is 0 Å². The lowest BCUT2D eigenvalue weighted by Gasteiger charge is -2.28. The molecule has 0 unspecified atom stereocenters. The lowest BCUT2D eigenvalue weighted by Crippen LogP contribution is -2.34. The van der Waals surface area contributed by atoms with Crippen molar-refractivity contribution in [2.45, 2.75) is 77.9 Å². The van der Waals surface area contributed by atoms with Crippen LogP contribution in [0.3, 0.4) is 0 Å². The molecule has 0 aromatic heterocycles. The van der Waals surface area contributed by atoms with Gasteiger partial charge in [0, 0.05) is 0 Å². The van der Waals surface area contributed by atoms with Gasteiger partial charge in [-0.05, 0) is 59.6 Å². The van der Waals surface area contributed by atoms with Crippen LogP contribution >= 0.6 is 22.6 Å². The summed E-state index contributed by atoms with van der Waals surface area (Å²) in [6, 6.07) is 3.70. The van der Waals surface area contributed by atoms with Crippen molar-refractivity contribution in [1.82, 2.24) is 0 Å². The van der Waals surface area contributed by atoms with Gasteiger partial charge in [-0.1, -0.05) is 47.0 Å². The topological polar surface area (TPSA) is 9.23 Å². The molecule has 0 radical (unpaired) electrons. The minimum absolute atomic E-state index is 1.15. The normalized spacial score (nSPS) is 12.9. The first-order valence-electron chi connectivity index (χ1n) is 7.18. The second kappa shape index (κ2) is 10.4. The molecule has 17 heavy (non-hydrogen) atoms. The molecule has 0 aromatic carbocycles. The summed E-state index contributed by atoms with van der Waals surface area (Å²) in [5, 5.41) is 0. The highest BCUT2D eigenvalue weighted by Crippen LogP contribution is 2.27. The first kappa shape index (κ1) is 17.5. The minimum atomic E-state index is -1.43. The van der Waals surface area contributed by atoms with Gasteiger partial charge in [0.15, 0.2) is 0 Å². The molecule has 0 saturated heterocycles. The highest BCUT2D eigenvalue weighted by molar-refractivity contribution is 14.1. The number of hydrogen-bond donors (Lipinski definition) is 0. The maximum Gasteiger partial charge on any atom is 0.251 e. The summed E-state index contributed by atoms with van der Waals surface area (Å²) in [5.74, 6) is 0. The number of hydrogen-bond acceptors (Lipinski definition) is 1. The molecule has 0 amide bonds. The average molecular weight is 368 g/mol. The SMILES string of the molecule is CCCCCC/C=C(/I)O[Si](CC)(CC)CC. The van der Waals surface area contributed by atoms with Gasteiger partial charge in [-0.3, -0.25) is 0 Å². The lowest BCUT2D eigenvalue weighted by atomic mass is 10.2. The molecule has 3 heteroatoms. The van der Waals surface area contributed by atoms with Crippen LogP contribution in [-0.2, 0) is 4.43 Å². The van der Waals surface area contributed by atoms with E-state index in [1.165, 1.54) is 50.2 Å². The van der Waals surface area contributed by atoms with E-state index in [2.05, 4.69) is 56.4 Å². The van der Waals surface area contributed by atoms with Crippen LogP contribution in [0.5, 0.6) is 0 Å². The van der Waals surface area contributed by atoms with Crippen molar-refractivity contribution in [3.8, 4) is 0 Å². The molecule has 0 aliphatic rings. The lowest BCUT2D eigenvalue weighted by molar-refractivity contribution is 0.448. The van der Waals surface area contributed by atoms with Crippen molar-refractivity contribution in [1.29, 1.82) is 0 Å². The van der Waals surface area contributed by atoms with Gasteiger partial charge in [0.2, 0.25) is 0 Å². The van der Waals surface area contributed by atoms with Gasteiger partial charge in [0.05, 0.1) is 0 Å². The molecule has 0 aromatic rings. The van der Waals surface area contributed by atoms with E-state index in [0.29, 0.717) is 0 Å². The van der Waals surface area contributed by atoms with E-state index < -0.39 is 8.32 Å². The van der Waals surface area contributed by atoms with Crippen molar-refractivity contribution in [2.75, 3.05) is 0 Å². The predicted molar refractivity (Wildman–Crippen MR) is 89.1 cm³/mol. The van der Waals surface area contributed by atoms with Gasteiger partial charge in [-0.15, -0.1) is 0 Å². The number of allylic oxidation sites excluding steroid dienone is 1. The fourth-order valence-corrected chi connectivity index (χ4v) is 6.14. The standard InChI is InChI=1S/C14H29IOSi/c1-5-9-10-11-12-13-14(15)16-17(6-2,7-3)8-4/h13H,5-12H2,1-4H3/b14-13-. The van der Waals surface area contributed by atoms with Crippen LogP contribution in [-0.4, -0.2) is 8.32 Å². The molecule has 0 saturated carbocycles. The summed E-state index contributed by atoms with van der Waals surface area (Å²) in [6.07, 6.45) is 8.81. The van der Waals surface area contributed by atoms with Crippen molar-refractivity contribution in [3.05, 3.63) is 9.84 Å². The maximum atomic E-state index is 6.28. The molecule has 102 valence electrons. The van der Waals surface area contributed by atoms with Gasteiger partial charge in [-0.2, -0.15) is 0 Å². The van der Waals surface area contributed by atoms with Gasteiger partial charge in [0.1, 0.15) is 3.77 Å². The molecule has 0 bridgehead atoms. The molecule has 0 atom stereocenters. The Bertz CT molecular complexity index is 204. The van der Waals surface area contributed by atoms with E-state index in [9.17, 15) is 0 Å². The zero-order valence-corrected chi connectivity index (χ0v) is 15.2. The highest BCUT2D eigenvalue weighted by atomic mass is 127. The summed E-state index contributed by atoms with van der Waals surface area (Å²) < 4.78 is 7.43.